The molecule has 0 saturated carbocycles. The van der Waals surface area contributed by atoms with Gasteiger partial charge in [-0.1, -0.05) is 0 Å². The monoisotopic (exact) mass is 443 g/mol. The number of nitrogens with one attached hydrogen (secondary N) is 3. The van der Waals surface area contributed by atoms with Crippen molar-refractivity contribution in [3.63, 3.8) is 0 Å². The van der Waals surface area contributed by atoms with Gasteiger partial charge < -0.3 is 27.4 Å². The van der Waals surface area contributed by atoms with Crippen molar-refractivity contribution in [2.75, 3.05) is 48.3 Å². The van der Waals surface area contributed by atoms with Crippen molar-refractivity contribution >= 4 is 44.6 Å². The molecule has 4 rings (SSSR count). The summed E-state index contributed by atoms with van der Waals surface area (Å²) >= 11 is 0. The summed E-state index contributed by atoms with van der Waals surface area (Å²) in [5, 5.41) is 12.8. The molecule has 2 aromatic heterocycles. The molecule has 0 radical (unpaired) electrons. The number of pyridine rings is 2. The predicted molar refractivity (Wildman–Crippen MR) is 141 cm³/mol. The van der Waals surface area contributed by atoms with Crippen LogP contribution in [0.2, 0.25) is 0 Å². The van der Waals surface area contributed by atoms with Crippen LogP contribution in [0.5, 0.6) is 0 Å². The molecule has 33 heavy (non-hydrogen) atoms. The fourth-order valence-corrected chi connectivity index (χ4v) is 4.05. The molecule has 0 unspecified atom stereocenters. The van der Waals surface area contributed by atoms with Gasteiger partial charge in [-0.05, 0) is 88.3 Å². The molecule has 7 nitrogen and oxygen atoms in total. The zero-order chi connectivity index (χ0) is 23.2. The number of hydrogen-bond acceptors (Lipinski definition) is 7. The molecular formula is C26H33N7. The lowest BCUT2D eigenvalue weighted by Crippen LogP contribution is -2.21. The van der Waals surface area contributed by atoms with Gasteiger partial charge in [-0.15, -0.1) is 0 Å². The molecular weight excluding hydrogens is 410 g/mol. The van der Waals surface area contributed by atoms with Crippen LogP contribution in [0.4, 0.5) is 22.7 Å². The molecule has 7 heteroatoms. The van der Waals surface area contributed by atoms with Gasteiger partial charge in [0.15, 0.2) is 0 Å². The van der Waals surface area contributed by atoms with Crippen molar-refractivity contribution in [3.8, 4) is 0 Å². The molecule has 2 aromatic carbocycles. The van der Waals surface area contributed by atoms with E-state index in [1.807, 2.05) is 50.2 Å². The van der Waals surface area contributed by atoms with E-state index in [1.165, 1.54) is 0 Å². The van der Waals surface area contributed by atoms with Crippen LogP contribution in [0, 0.1) is 13.8 Å². The Bertz CT molecular complexity index is 1140. The molecule has 4 aromatic rings. The number of nitrogens with zero attached hydrogens (tertiary/aromatic N) is 2. The number of nitrogens with two attached hydrogens (primary N) is 2. The number of aryl methyl sites for hydroxylation is 2. The lowest BCUT2D eigenvalue weighted by atomic mass is 10.1. The number of nitrogen functional groups attached to an aromatic ring is 2. The smallest absolute Gasteiger partial charge is 0.0746 e. The molecule has 0 aliphatic heterocycles. The van der Waals surface area contributed by atoms with E-state index in [2.05, 4.69) is 38.1 Å². The third-order valence-corrected chi connectivity index (χ3v) is 5.62. The maximum atomic E-state index is 5.90. The van der Waals surface area contributed by atoms with E-state index >= 15 is 0 Å². The van der Waals surface area contributed by atoms with E-state index in [0.717, 1.165) is 95.0 Å². The van der Waals surface area contributed by atoms with Crippen molar-refractivity contribution in [3.05, 3.63) is 59.9 Å². The number of benzene rings is 2. The summed E-state index contributed by atoms with van der Waals surface area (Å²) in [4.78, 5) is 9.17. The van der Waals surface area contributed by atoms with Crippen LogP contribution in [0.3, 0.4) is 0 Å². The highest BCUT2D eigenvalue weighted by Gasteiger charge is 2.05. The van der Waals surface area contributed by atoms with E-state index < -0.39 is 0 Å². The van der Waals surface area contributed by atoms with E-state index in [1.54, 1.807) is 0 Å². The fourth-order valence-electron chi connectivity index (χ4n) is 4.05. The quantitative estimate of drug-likeness (QED) is 0.182. The first-order chi connectivity index (χ1) is 16.0. The zero-order valence-electron chi connectivity index (χ0n) is 19.4. The van der Waals surface area contributed by atoms with Crippen LogP contribution in [0.1, 0.15) is 24.2 Å². The van der Waals surface area contributed by atoms with Crippen molar-refractivity contribution in [2.45, 2.75) is 26.7 Å². The van der Waals surface area contributed by atoms with Crippen LogP contribution < -0.4 is 27.4 Å². The standard InChI is InChI=1S/C26H33N7/c1-17-13-23(21-7-5-19(27)15-25(21)32-17)30-11-3-9-29-10-4-12-31-24-14-18(2)33-26-16-20(28)6-8-22(24)26/h5-8,13-16,29H,3-4,9-12,27-28H2,1-2H3,(H,30,32)(H,31,33). The van der Waals surface area contributed by atoms with Crippen molar-refractivity contribution in [1.29, 1.82) is 0 Å². The number of anilines is 4. The van der Waals surface area contributed by atoms with Gasteiger partial charge in [-0.3, -0.25) is 9.97 Å². The van der Waals surface area contributed by atoms with E-state index in [4.69, 9.17) is 11.5 Å². The maximum absolute atomic E-state index is 5.90. The minimum absolute atomic E-state index is 0.738. The molecule has 0 spiro atoms. The van der Waals surface area contributed by atoms with Crippen molar-refractivity contribution in [1.82, 2.24) is 15.3 Å². The normalized spacial score (nSPS) is 11.2. The molecule has 0 bridgehead atoms. The molecule has 7 N–H and O–H groups in total. The Balaban J connectivity index is 1.17. The van der Waals surface area contributed by atoms with Gasteiger partial charge in [0.05, 0.1) is 11.0 Å². The lowest BCUT2D eigenvalue weighted by Gasteiger charge is -2.12. The molecule has 172 valence electrons. The molecule has 0 amide bonds. The Hall–Kier alpha value is -3.58. The second-order valence-electron chi connectivity index (χ2n) is 8.49. The molecule has 0 aliphatic rings. The second kappa shape index (κ2) is 10.4. The van der Waals surface area contributed by atoms with E-state index in [-0.39, 0.29) is 0 Å². The first-order valence-electron chi connectivity index (χ1n) is 11.5. The third kappa shape index (κ3) is 5.81. The van der Waals surface area contributed by atoms with Crippen LogP contribution in [0.25, 0.3) is 21.8 Å². The van der Waals surface area contributed by atoms with E-state index in [9.17, 15) is 0 Å². The van der Waals surface area contributed by atoms with Gasteiger partial charge in [0.2, 0.25) is 0 Å². The van der Waals surface area contributed by atoms with Gasteiger partial charge >= 0.3 is 0 Å². The molecule has 2 heterocycles. The minimum Gasteiger partial charge on any atom is -0.399 e. The Morgan fingerprint density at radius 3 is 1.55 bits per heavy atom. The summed E-state index contributed by atoms with van der Waals surface area (Å²) < 4.78 is 0. The highest BCUT2D eigenvalue weighted by Crippen LogP contribution is 2.26. The largest absolute Gasteiger partial charge is 0.399 e. The number of rotatable bonds is 10. The fraction of sp³-hybridized carbons (Fsp3) is 0.308. The average Bonchev–Trinajstić information content (AvgIpc) is 2.76. The van der Waals surface area contributed by atoms with Crippen LogP contribution in [0.15, 0.2) is 48.5 Å². The molecule has 0 saturated heterocycles. The van der Waals surface area contributed by atoms with Crippen molar-refractivity contribution in [2.24, 2.45) is 0 Å². The highest BCUT2D eigenvalue weighted by molar-refractivity contribution is 5.94. The number of hydrogen-bond donors (Lipinski definition) is 5. The van der Waals surface area contributed by atoms with Crippen LogP contribution in [-0.2, 0) is 0 Å². The summed E-state index contributed by atoms with van der Waals surface area (Å²) in [6.07, 6.45) is 2.09. The Morgan fingerprint density at radius 2 is 1.09 bits per heavy atom. The predicted octanol–water partition coefficient (Wildman–Crippen LogP) is 4.46. The first kappa shape index (κ1) is 22.6. The van der Waals surface area contributed by atoms with Gasteiger partial charge in [-0.2, -0.15) is 0 Å². The summed E-state index contributed by atoms with van der Waals surface area (Å²) in [5.41, 5.74) is 19.4. The molecule has 0 aliphatic carbocycles. The van der Waals surface area contributed by atoms with Gasteiger partial charge in [0.1, 0.15) is 0 Å². The Labute approximate surface area is 195 Å². The summed E-state index contributed by atoms with van der Waals surface area (Å²) in [6.45, 7) is 7.76. The zero-order valence-corrected chi connectivity index (χ0v) is 19.4. The summed E-state index contributed by atoms with van der Waals surface area (Å²) in [6, 6.07) is 16.0. The van der Waals surface area contributed by atoms with Crippen LogP contribution >= 0.6 is 0 Å². The van der Waals surface area contributed by atoms with Gasteiger partial charge in [-0.25, -0.2) is 0 Å². The topological polar surface area (TPSA) is 114 Å². The molecule has 0 fully saturated rings. The Kier molecular flexibility index (Phi) is 7.10. The van der Waals surface area contributed by atoms with Gasteiger partial charge in [0.25, 0.3) is 0 Å². The highest BCUT2D eigenvalue weighted by atomic mass is 14.9. The van der Waals surface area contributed by atoms with Crippen LogP contribution in [-0.4, -0.2) is 36.1 Å². The number of aromatic nitrogens is 2. The SMILES string of the molecule is Cc1cc(NCCCNCCCNc2cc(C)nc3cc(N)ccc23)c2ccc(N)cc2n1. The second-order valence-corrected chi connectivity index (χ2v) is 8.49. The maximum Gasteiger partial charge on any atom is 0.0746 e. The summed E-state index contributed by atoms with van der Waals surface area (Å²) in [5.74, 6) is 0. The van der Waals surface area contributed by atoms with Gasteiger partial charge in [0, 0.05) is 58.0 Å². The number of fused-ring (bicyclic) bond motifs is 2. The third-order valence-electron chi connectivity index (χ3n) is 5.62. The molecule has 0 atom stereocenters. The summed E-state index contributed by atoms with van der Waals surface area (Å²) in [7, 11) is 0. The van der Waals surface area contributed by atoms with Crippen molar-refractivity contribution < 1.29 is 0 Å². The minimum atomic E-state index is 0.738. The lowest BCUT2D eigenvalue weighted by molar-refractivity contribution is 0.643. The average molecular weight is 444 g/mol. The Morgan fingerprint density at radius 1 is 0.636 bits per heavy atom. The van der Waals surface area contributed by atoms with E-state index in [0.29, 0.717) is 0 Å². The first-order valence-corrected chi connectivity index (χ1v) is 11.5.